The van der Waals surface area contributed by atoms with Crippen LogP contribution in [0.25, 0.3) is 0 Å². The van der Waals surface area contributed by atoms with Gasteiger partial charge < -0.3 is 4.74 Å². The van der Waals surface area contributed by atoms with Crippen LogP contribution in [-0.2, 0) is 43.1 Å². The maximum Gasteiger partial charge on any atom is 0.348 e. The molecule has 0 aliphatic heterocycles. The van der Waals surface area contributed by atoms with Crippen molar-refractivity contribution in [1.29, 1.82) is 0 Å². The molecule has 350 valence electrons. The Balaban J connectivity index is 0.000000375. The lowest BCUT2D eigenvalue weighted by molar-refractivity contribution is 0.0605. The Morgan fingerprint density at radius 2 is 1.23 bits per heavy atom. The van der Waals surface area contributed by atoms with E-state index in [-0.39, 0.29) is 16.8 Å². The molecule has 0 spiro atoms. The highest BCUT2D eigenvalue weighted by molar-refractivity contribution is 7.12. The zero-order chi connectivity index (χ0) is 48.9. The number of esters is 1. The number of carbonyl (C=O) groups excluding carboxylic acids is 1. The number of aromatic amines is 1. The van der Waals surface area contributed by atoms with Gasteiger partial charge in [0.1, 0.15) is 10.7 Å². The van der Waals surface area contributed by atoms with Gasteiger partial charge in [-0.25, -0.2) is 14.8 Å². The van der Waals surface area contributed by atoms with Gasteiger partial charge >= 0.3 is 5.97 Å². The average Bonchev–Trinajstić information content (AvgIpc) is 4.05. The number of benzene rings is 1. The molecule has 6 aromatic heterocycles. The number of halogens is 1. The van der Waals surface area contributed by atoms with E-state index in [4.69, 9.17) is 11.6 Å². The second-order valence-electron chi connectivity index (χ2n) is 17.5. The number of thiophene rings is 1. The quantitative estimate of drug-likeness (QED) is 0.169. The van der Waals surface area contributed by atoms with E-state index in [1.165, 1.54) is 46.7 Å². The normalized spacial score (nSPS) is 10.4. The predicted molar refractivity (Wildman–Crippen MR) is 267 cm³/mol. The molecule has 7 rings (SSSR count). The zero-order valence-corrected chi connectivity index (χ0v) is 43.8. The number of nitrogens with zero attached hydrogens (tertiary/aromatic N) is 9. The summed E-state index contributed by atoms with van der Waals surface area (Å²) in [5, 5.41) is 22.5. The number of methoxy groups -OCH3 is 1. The summed E-state index contributed by atoms with van der Waals surface area (Å²) in [7, 11) is 7.29. The number of ether oxygens (including phenoxy) is 1. The third-order valence-corrected chi connectivity index (χ3v) is 10.7. The summed E-state index contributed by atoms with van der Waals surface area (Å²) >= 11 is 7.12. The minimum absolute atomic E-state index is 0.171. The summed E-state index contributed by atoms with van der Waals surface area (Å²) in [6.45, 7) is 33.1. The van der Waals surface area contributed by atoms with E-state index in [9.17, 15) is 4.79 Å². The first-order valence-corrected chi connectivity index (χ1v) is 22.5. The average molecular weight is 916 g/mol. The number of H-pyrrole nitrogens is 1. The number of hydrogen-bond donors (Lipinski definition) is 1. The predicted octanol–water partition coefficient (Wildman–Crippen LogP) is 12.0. The van der Waals surface area contributed by atoms with E-state index in [0.29, 0.717) is 4.88 Å². The van der Waals surface area contributed by atoms with Gasteiger partial charge in [-0.15, -0.1) is 11.3 Å². The molecule has 0 saturated heterocycles. The van der Waals surface area contributed by atoms with Crippen molar-refractivity contribution < 1.29 is 9.53 Å². The highest BCUT2D eigenvalue weighted by Crippen LogP contribution is 2.21. The summed E-state index contributed by atoms with van der Waals surface area (Å²) < 4.78 is 10.3. The van der Waals surface area contributed by atoms with Crippen LogP contribution < -0.4 is 0 Å². The molecule has 0 fully saturated rings. The molecule has 64 heavy (non-hydrogen) atoms. The lowest BCUT2D eigenvalue weighted by Gasteiger charge is -2.13. The van der Waals surface area contributed by atoms with Crippen LogP contribution in [0.5, 0.6) is 0 Å². The van der Waals surface area contributed by atoms with Gasteiger partial charge in [0, 0.05) is 72.2 Å². The van der Waals surface area contributed by atoms with Gasteiger partial charge in [0.15, 0.2) is 0 Å². The van der Waals surface area contributed by atoms with Crippen molar-refractivity contribution in [2.24, 2.45) is 21.1 Å². The first kappa shape index (κ1) is 56.6. The smallest absolute Gasteiger partial charge is 0.348 e. The fraction of sp³-hybridized carbons (Fsp3) is 0.460. The molecular weight excluding hydrogens is 840 g/mol. The summed E-state index contributed by atoms with van der Waals surface area (Å²) in [4.78, 5) is 19.3. The maximum atomic E-state index is 10.9. The molecule has 0 radical (unpaired) electrons. The fourth-order valence-corrected chi connectivity index (χ4v) is 6.29. The third-order valence-electron chi connectivity index (χ3n) is 9.45. The standard InChI is InChI=1S/C9H16N2.C8H9Cl.C8H14N2.C7H12N2.C7H8O2S.C6H10N2.C5H6N2/c1-7-6-8(9(2,3)4)10-11(7)5;1-6-3-4-8(9)5-7(6)2;1-6-5-7(10-9-6)8(2,3)4;1-4-7-5-6(2)8-9(7)3;1-5-3-4-10-6(5)7(8)9-2;1-5-4-6(2)8(3)7-5;1-5-6-3-2-4-7-5/h6H,1-5H3;3-5H,1-2H3;5H,1-4H3,(H,9,10);5H,4H2,1-3H3;3-4H,1-2H3;4H,1-3H3;2-4H,1H3. The van der Waals surface area contributed by atoms with E-state index in [0.717, 1.165) is 51.3 Å². The molecule has 14 heteroatoms. The maximum absolute atomic E-state index is 10.9. The van der Waals surface area contributed by atoms with Crippen molar-refractivity contribution in [2.75, 3.05) is 7.11 Å². The van der Waals surface area contributed by atoms with Crippen LogP contribution in [0.4, 0.5) is 0 Å². The number of rotatable bonds is 2. The number of aromatic nitrogens is 10. The van der Waals surface area contributed by atoms with Crippen molar-refractivity contribution in [3.63, 3.8) is 0 Å². The molecule has 1 N–H and O–H groups in total. The Hall–Kier alpha value is -5.40. The van der Waals surface area contributed by atoms with Gasteiger partial charge in [-0.2, -0.15) is 20.4 Å². The van der Waals surface area contributed by atoms with E-state index in [1.807, 2.05) is 106 Å². The minimum atomic E-state index is -0.243. The van der Waals surface area contributed by atoms with E-state index in [2.05, 4.69) is 134 Å². The van der Waals surface area contributed by atoms with Gasteiger partial charge in [0.05, 0.1) is 29.9 Å². The molecule has 6 heterocycles. The molecule has 0 atom stereocenters. The monoisotopic (exact) mass is 915 g/mol. The molecule has 1 aromatic carbocycles. The lowest BCUT2D eigenvalue weighted by atomic mass is 9.92. The largest absolute Gasteiger partial charge is 0.465 e. The van der Waals surface area contributed by atoms with Crippen molar-refractivity contribution in [1.82, 2.24) is 49.5 Å². The number of hydrogen-bond acceptors (Lipinski definition) is 9. The molecule has 0 bridgehead atoms. The number of aryl methyl sites for hydroxylation is 13. The number of carbonyl (C=O) groups is 1. The van der Waals surface area contributed by atoms with E-state index < -0.39 is 0 Å². The summed E-state index contributed by atoms with van der Waals surface area (Å²) in [5.41, 5.74) is 13.2. The first-order chi connectivity index (χ1) is 29.7. The molecule has 0 amide bonds. The van der Waals surface area contributed by atoms with Crippen molar-refractivity contribution in [2.45, 2.75) is 128 Å². The zero-order valence-electron chi connectivity index (χ0n) is 42.3. The molecular formula is C50H75ClN10O2S. The second-order valence-corrected chi connectivity index (χ2v) is 18.8. The van der Waals surface area contributed by atoms with Gasteiger partial charge in [0.2, 0.25) is 0 Å². The third kappa shape index (κ3) is 21.3. The number of nitrogens with one attached hydrogen (secondary N) is 1. The SMILES string of the molecule is CCc1cc(C)nn1C.COC(=O)c1sccc1C.Cc1cc(C(C)(C)C)n[nH]1.Cc1cc(C(C)(C)C)nn1C.Cc1cc(C)n(C)n1.Cc1ccc(Cl)cc1C.Cc1ncccn1. The Morgan fingerprint density at radius 3 is 1.50 bits per heavy atom. The van der Waals surface area contributed by atoms with Crippen molar-refractivity contribution in [3.05, 3.63) is 150 Å². The molecule has 0 unspecified atom stereocenters. The Morgan fingerprint density at radius 1 is 0.688 bits per heavy atom. The van der Waals surface area contributed by atoms with Crippen LogP contribution in [0.15, 0.2) is 72.4 Å². The van der Waals surface area contributed by atoms with Gasteiger partial charge in [-0.3, -0.25) is 19.1 Å². The Bertz CT molecular complexity index is 2370. The fourth-order valence-electron chi connectivity index (χ4n) is 5.22. The van der Waals surface area contributed by atoms with Crippen LogP contribution >= 0.6 is 22.9 Å². The van der Waals surface area contributed by atoms with Crippen LogP contribution in [0, 0.1) is 62.3 Å². The Labute approximate surface area is 392 Å². The topological polar surface area (TPSA) is 134 Å². The Kier molecular flexibility index (Phi) is 23.9. The van der Waals surface area contributed by atoms with Crippen molar-refractivity contribution >= 4 is 28.9 Å². The van der Waals surface area contributed by atoms with Crippen LogP contribution in [0.3, 0.4) is 0 Å². The molecule has 12 nitrogen and oxygen atoms in total. The summed E-state index contributed by atoms with van der Waals surface area (Å²) in [6.07, 6.45) is 4.52. The van der Waals surface area contributed by atoms with E-state index in [1.54, 1.807) is 18.5 Å². The van der Waals surface area contributed by atoms with Crippen LogP contribution in [0.2, 0.25) is 5.02 Å². The van der Waals surface area contributed by atoms with Crippen LogP contribution in [-0.4, -0.2) is 62.6 Å². The highest BCUT2D eigenvalue weighted by atomic mass is 35.5. The van der Waals surface area contributed by atoms with Gasteiger partial charge in [-0.1, -0.05) is 66.1 Å². The van der Waals surface area contributed by atoms with E-state index >= 15 is 0 Å². The van der Waals surface area contributed by atoms with Crippen molar-refractivity contribution in [3.8, 4) is 0 Å². The van der Waals surface area contributed by atoms with Gasteiger partial charge in [0.25, 0.3) is 0 Å². The summed E-state index contributed by atoms with van der Waals surface area (Å²) in [5.74, 6) is 0.579. The molecule has 0 saturated carbocycles. The summed E-state index contributed by atoms with van der Waals surface area (Å²) in [6, 6.07) is 18.0. The first-order valence-electron chi connectivity index (χ1n) is 21.3. The molecule has 0 aliphatic rings. The van der Waals surface area contributed by atoms with Gasteiger partial charge in [-0.05, 0) is 139 Å². The molecule has 7 aromatic rings. The highest BCUT2D eigenvalue weighted by Gasteiger charge is 2.17. The van der Waals surface area contributed by atoms with Crippen LogP contribution in [0.1, 0.15) is 126 Å². The minimum Gasteiger partial charge on any atom is -0.465 e. The lowest BCUT2D eigenvalue weighted by Crippen LogP contribution is -2.12. The molecule has 0 aliphatic carbocycles. The second kappa shape index (κ2) is 27.0.